The summed E-state index contributed by atoms with van der Waals surface area (Å²) in [6.45, 7) is 8.25. The molecule has 1 aromatic carbocycles. The van der Waals surface area contributed by atoms with E-state index in [2.05, 4.69) is 56.9 Å². The van der Waals surface area contributed by atoms with Gasteiger partial charge in [0.15, 0.2) is 5.43 Å². The topological polar surface area (TPSA) is 32.9 Å². The maximum atomic E-state index is 12.1. The fraction of sp³-hybridized carbons (Fsp3) is 0.312. The number of aromatic amines is 1. The summed E-state index contributed by atoms with van der Waals surface area (Å²) in [4.78, 5) is 15.3. The van der Waals surface area contributed by atoms with Crippen LogP contribution in [0.5, 0.6) is 0 Å². The summed E-state index contributed by atoms with van der Waals surface area (Å²) in [6, 6.07) is 9.82. The van der Waals surface area contributed by atoms with E-state index >= 15 is 0 Å². The van der Waals surface area contributed by atoms with Gasteiger partial charge in [-0.15, -0.1) is 0 Å². The molecule has 0 aliphatic rings. The molecule has 0 spiro atoms. The zero-order valence-electron chi connectivity index (χ0n) is 11.4. The molecule has 0 atom stereocenters. The molecule has 2 heteroatoms. The van der Waals surface area contributed by atoms with Crippen LogP contribution in [0.15, 0.2) is 41.3 Å². The number of hydrogen-bond donors (Lipinski definition) is 1. The third-order valence-corrected chi connectivity index (χ3v) is 3.05. The van der Waals surface area contributed by atoms with Gasteiger partial charge >= 0.3 is 0 Å². The van der Waals surface area contributed by atoms with Gasteiger partial charge in [-0.2, -0.15) is 0 Å². The highest BCUT2D eigenvalue weighted by atomic mass is 16.1. The number of nitrogens with one attached hydrogen (secondary N) is 1. The van der Waals surface area contributed by atoms with Crippen molar-refractivity contribution in [3.8, 4) is 11.3 Å². The Hall–Kier alpha value is -1.83. The number of aryl methyl sites for hydroxylation is 1. The molecule has 2 rings (SSSR count). The predicted octanol–water partition coefficient (Wildman–Crippen LogP) is 3.65. The highest BCUT2D eigenvalue weighted by Crippen LogP contribution is 2.28. The molecule has 0 aliphatic carbocycles. The van der Waals surface area contributed by atoms with Gasteiger partial charge in [-0.3, -0.25) is 4.79 Å². The van der Waals surface area contributed by atoms with E-state index in [9.17, 15) is 4.79 Å². The summed E-state index contributed by atoms with van der Waals surface area (Å²) >= 11 is 0. The number of benzene rings is 1. The highest BCUT2D eigenvalue weighted by Gasteiger charge is 2.22. The maximum Gasteiger partial charge on any atom is 0.185 e. The fourth-order valence-electron chi connectivity index (χ4n) is 2.17. The van der Waals surface area contributed by atoms with Gasteiger partial charge in [0.25, 0.3) is 0 Å². The average Bonchev–Trinajstić information content (AvgIpc) is 2.28. The molecule has 1 aromatic heterocycles. The zero-order valence-corrected chi connectivity index (χ0v) is 11.4. The molecule has 1 heterocycles. The second-order valence-corrected chi connectivity index (χ2v) is 5.71. The summed E-state index contributed by atoms with van der Waals surface area (Å²) in [7, 11) is 0. The van der Waals surface area contributed by atoms with Gasteiger partial charge in [-0.1, -0.05) is 50.6 Å². The Kier molecular flexibility index (Phi) is 3.12. The van der Waals surface area contributed by atoms with Crippen LogP contribution in [0.1, 0.15) is 31.9 Å². The number of aromatic nitrogens is 1. The Morgan fingerprint density at radius 3 is 2.17 bits per heavy atom. The molecular weight excluding hydrogens is 222 g/mol. The molecule has 0 bridgehead atoms. The largest absolute Gasteiger partial charge is 0.361 e. The Morgan fingerprint density at radius 1 is 1.00 bits per heavy atom. The molecule has 1 N–H and O–H groups in total. The molecule has 0 fully saturated rings. The lowest BCUT2D eigenvalue weighted by molar-refractivity contribution is 0.585. The third-order valence-electron chi connectivity index (χ3n) is 3.05. The van der Waals surface area contributed by atoms with Crippen molar-refractivity contribution in [2.75, 3.05) is 0 Å². The minimum atomic E-state index is -0.172. The fourth-order valence-corrected chi connectivity index (χ4v) is 2.17. The Morgan fingerprint density at radius 2 is 1.61 bits per heavy atom. The molecule has 0 amide bonds. The molecule has 0 saturated heterocycles. The van der Waals surface area contributed by atoms with Crippen molar-refractivity contribution in [1.82, 2.24) is 4.98 Å². The molecule has 0 saturated carbocycles. The molecule has 0 radical (unpaired) electrons. The highest BCUT2D eigenvalue weighted by molar-refractivity contribution is 5.64. The summed E-state index contributed by atoms with van der Waals surface area (Å²) in [5.74, 6) is 0. The van der Waals surface area contributed by atoms with Crippen molar-refractivity contribution in [1.29, 1.82) is 0 Å². The Labute approximate surface area is 108 Å². The third kappa shape index (κ3) is 2.37. The lowest BCUT2D eigenvalue weighted by atomic mass is 9.84. The number of rotatable bonds is 1. The van der Waals surface area contributed by atoms with E-state index < -0.39 is 0 Å². The standard InChI is InChI=1S/C16H19NO/c1-11-5-7-12(8-6-11)15-14(16(2,3)4)13(18)9-10-17-15/h5-10H,1-4H3,(H,17,18). The van der Waals surface area contributed by atoms with E-state index in [1.807, 2.05) is 0 Å². The first-order valence-corrected chi connectivity index (χ1v) is 6.19. The van der Waals surface area contributed by atoms with E-state index in [4.69, 9.17) is 0 Å². The first kappa shape index (κ1) is 12.6. The van der Waals surface area contributed by atoms with Crippen LogP contribution >= 0.6 is 0 Å². The van der Waals surface area contributed by atoms with Crippen LogP contribution in [-0.2, 0) is 5.41 Å². The van der Waals surface area contributed by atoms with Crippen LogP contribution in [0, 0.1) is 6.92 Å². The van der Waals surface area contributed by atoms with Crippen LogP contribution in [0.25, 0.3) is 11.3 Å². The second kappa shape index (κ2) is 4.45. The molecular formula is C16H19NO. The summed E-state index contributed by atoms with van der Waals surface area (Å²) in [5, 5.41) is 0. The molecule has 0 unspecified atom stereocenters. The quantitative estimate of drug-likeness (QED) is 0.812. The van der Waals surface area contributed by atoms with Crippen LogP contribution < -0.4 is 5.43 Å². The van der Waals surface area contributed by atoms with E-state index in [-0.39, 0.29) is 10.8 Å². The van der Waals surface area contributed by atoms with Crippen molar-refractivity contribution in [3.05, 3.63) is 57.9 Å². The smallest absolute Gasteiger partial charge is 0.185 e. The summed E-state index contributed by atoms with van der Waals surface area (Å²) in [5.41, 5.74) is 3.97. The van der Waals surface area contributed by atoms with Gasteiger partial charge in [0.1, 0.15) is 0 Å². The van der Waals surface area contributed by atoms with Gasteiger partial charge in [0.05, 0.1) is 5.69 Å². The van der Waals surface area contributed by atoms with Crippen LogP contribution in [0.4, 0.5) is 0 Å². The van der Waals surface area contributed by atoms with Crippen LogP contribution in [0.2, 0.25) is 0 Å². The van der Waals surface area contributed by atoms with E-state index in [1.165, 1.54) is 5.56 Å². The minimum Gasteiger partial charge on any atom is -0.361 e. The van der Waals surface area contributed by atoms with Crippen molar-refractivity contribution >= 4 is 0 Å². The molecule has 18 heavy (non-hydrogen) atoms. The molecule has 94 valence electrons. The maximum absolute atomic E-state index is 12.1. The number of hydrogen-bond acceptors (Lipinski definition) is 1. The van der Waals surface area contributed by atoms with Gasteiger partial charge in [-0.25, -0.2) is 0 Å². The first-order chi connectivity index (χ1) is 8.39. The zero-order chi connectivity index (χ0) is 13.3. The van der Waals surface area contributed by atoms with Gasteiger partial charge in [0.2, 0.25) is 0 Å². The van der Waals surface area contributed by atoms with Crippen molar-refractivity contribution in [2.24, 2.45) is 0 Å². The van der Waals surface area contributed by atoms with Gasteiger partial charge in [-0.05, 0) is 17.9 Å². The number of pyridine rings is 1. The average molecular weight is 241 g/mol. The second-order valence-electron chi connectivity index (χ2n) is 5.71. The molecule has 2 aromatic rings. The van der Waals surface area contributed by atoms with Crippen molar-refractivity contribution in [2.45, 2.75) is 33.1 Å². The SMILES string of the molecule is Cc1ccc(-c2[nH]ccc(=O)c2C(C)(C)C)cc1. The Balaban J connectivity index is 2.69. The van der Waals surface area contributed by atoms with E-state index in [0.29, 0.717) is 0 Å². The number of H-pyrrole nitrogens is 1. The Bertz CT molecular complexity index is 600. The summed E-state index contributed by atoms with van der Waals surface area (Å²) in [6.07, 6.45) is 1.72. The van der Waals surface area contributed by atoms with Crippen LogP contribution in [0.3, 0.4) is 0 Å². The first-order valence-electron chi connectivity index (χ1n) is 6.19. The van der Waals surface area contributed by atoms with Gasteiger partial charge in [0, 0.05) is 17.8 Å². The van der Waals surface area contributed by atoms with E-state index in [0.717, 1.165) is 16.8 Å². The monoisotopic (exact) mass is 241 g/mol. The van der Waals surface area contributed by atoms with Crippen molar-refractivity contribution < 1.29 is 0 Å². The van der Waals surface area contributed by atoms with Crippen LogP contribution in [-0.4, -0.2) is 4.98 Å². The molecule has 2 nitrogen and oxygen atoms in total. The van der Waals surface area contributed by atoms with Crippen molar-refractivity contribution in [3.63, 3.8) is 0 Å². The minimum absolute atomic E-state index is 0.0943. The predicted molar refractivity (Wildman–Crippen MR) is 75.9 cm³/mol. The normalized spacial score (nSPS) is 11.6. The lowest BCUT2D eigenvalue weighted by Crippen LogP contribution is -2.24. The summed E-state index contributed by atoms with van der Waals surface area (Å²) < 4.78 is 0. The van der Waals surface area contributed by atoms with Gasteiger partial charge < -0.3 is 4.98 Å². The van der Waals surface area contributed by atoms with E-state index in [1.54, 1.807) is 12.3 Å². The lowest BCUT2D eigenvalue weighted by Gasteiger charge is -2.21. The molecule has 0 aliphatic heterocycles.